The number of para-hydroxylation sites is 1. The molecule has 176 valence electrons. The molecule has 0 radical (unpaired) electrons. The van der Waals surface area contributed by atoms with Crippen molar-refractivity contribution in [3.63, 3.8) is 0 Å². The highest BCUT2D eigenvalue weighted by Crippen LogP contribution is 2.24. The Morgan fingerprint density at radius 2 is 1.76 bits per heavy atom. The van der Waals surface area contributed by atoms with Crippen LogP contribution in [0.2, 0.25) is 0 Å². The van der Waals surface area contributed by atoms with Crippen LogP contribution in [0, 0.1) is 19.7 Å². The molecule has 0 atom stereocenters. The van der Waals surface area contributed by atoms with Gasteiger partial charge in [0.1, 0.15) is 5.82 Å². The van der Waals surface area contributed by atoms with Crippen molar-refractivity contribution in [2.24, 2.45) is 0 Å². The fraction of sp³-hybridized carbons (Fsp3) is 0.318. The highest BCUT2D eigenvalue weighted by molar-refractivity contribution is 7.99. The third-order valence-electron chi connectivity index (χ3n) is 4.99. The minimum absolute atomic E-state index is 0.0690. The number of hydrogen-bond acceptors (Lipinski definition) is 6. The van der Waals surface area contributed by atoms with E-state index in [-0.39, 0.29) is 18.2 Å². The number of aryl methyl sites for hydroxylation is 2. The van der Waals surface area contributed by atoms with Gasteiger partial charge >= 0.3 is 0 Å². The van der Waals surface area contributed by atoms with Gasteiger partial charge in [0, 0.05) is 12.2 Å². The Balaban J connectivity index is 1.75. The smallest absolute Gasteiger partial charge is 0.234 e. The molecule has 11 heteroatoms. The van der Waals surface area contributed by atoms with E-state index in [0.29, 0.717) is 23.2 Å². The first kappa shape index (κ1) is 24.7. The predicted octanol–water partition coefficient (Wildman–Crippen LogP) is 3.75. The highest BCUT2D eigenvalue weighted by Gasteiger charge is 2.22. The summed E-state index contributed by atoms with van der Waals surface area (Å²) in [6.07, 6.45) is 1.08. The number of benzene rings is 2. The van der Waals surface area contributed by atoms with Gasteiger partial charge in [-0.3, -0.25) is 9.10 Å². The lowest BCUT2D eigenvalue weighted by Crippen LogP contribution is -2.30. The van der Waals surface area contributed by atoms with Crippen LogP contribution in [0.1, 0.15) is 23.9 Å². The molecule has 0 fully saturated rings. The van der Waals surface area contributed by atoms with E-state index in [4.69, 9.17) is 0 Å². The maximum atomic E-state index is 13.3. The zero-order chi connectivity index (χ0) is 24.2. The van der Waals surface area contributed by atoms with Crippen LogP contribution in [0.4, 0.5) is 15.8 Å². The fourth-order valence-electron chi connectivity index (χ4n) is 3.31. The molecule has 0 aliphatic heterocycles. The van der Waals surface area contributed by atoms with Gasteiger partial charge in [0.05, 0.1) is 24.2 Å². The first-order valence-corrected chi connectivity index (χ1v) is 13.1. The lowest BCUT2D eigenvalue weighted by Gasteiger charge is -2.22. The summed E-state index contributed by atoms with van der Waals surface area (Å²) in [5.41, 5.74) is 3.08. The number of carbonyl (C=O) groups is 1. The van der Waals surface area contributed by atoms with Gasteiger partial charge in [-0.05, 0) is 56.2 Å². The van der Waals surface area contributed by atoms with E-state index in [1.807, 2.05) is 39.0 Å². The first-order valence-electron chi connectivity index (χ1n) is 10.2. The number of aromatic nitrogens is 3. The Morgan fingerprint density at radius 1 is 1.12 bits per heavy atom. The van der Waals surface area contributed by atoms with Crippen molar-refractivity contribution in [2.45, 2.75) is 39.0 Å². The number of carbonyl (C=O) groups excluding carboxylic acids is 1. The molecular weight excluding hydrogens is 465 g/mol. The van der Waals surface area contributed by atoms with Crippen LogP contribution in [0.3, 0.4) is 0 Å². The van der Waals surface area contributed by atoms with Crippen LogP contribution < -0.4 is 9.62 Å². The lowest BCUT2D eigenvalue weighted by atomic mass is 10.1. The summed E-state index contributed by atoms with van der Waals surface area (Å²) in [7, 11) is -3.65. The molecule has 33 heavy (non-hydrogen) atoms. The molecule has 0 saturated heterocycles. The third-order valence-corrected chi connectivity index (χ3v) is 7.09. The molecule has 1 N–H and O–H groups in total. The Labute approximate surface area is 197 Å². The lowest BCUT2D eigenvalue weighted by molar-refractivity contribution is -0.113. The quantitative estimate of drug-likeness (QED) is 0.458. The van der Waals surface area contributed by atoms with Gasteiger partial charge in [-0.15, -0.1) is 10.2 Å². The van der Waals surface area contributed by atoms with Crippen molar-refractivity contribution in [3.05, 3.63) is 65.2 Å². The Hall–Kier alpha value is -2.92. The molecule has 0 unspecified atom stereocenters. The maximum absolute atomic E-state index is 13.3. The van der Waals surface area contributed by atoms with E-state index < -0.39 is 15.8 Å². The van der Waals surface area contributed by atoms with Gasteiger partial charge in [0.25, 0.3) is 0 Å². The molecule has 3 aromatic rings. The average molecular weight is 492 g/mol. The molecule has 8 nitrogen and oxygen atoms in total. The van der Waals surface area contributed by atoms with Crippen molar-refractivity contribution in [1.29, 1.82) is 0 Å². The Morgan fingerprint density at radius 3 is 2.33 bits per heavy atom. The molecule has 0 saturated carbocycles. The molecule has 0 aliphatic carbocycles. The molecule has 0 bridgehead atoms. The van der Waals surface area contributed by atoms with E-state index >= 15 is 0 Å². The zero-order valence-corrected chi connectivity index (χ0v) is 20.5. The Bertz CT molecular complexity index is 1220. The number of nitrogens with zero attached hydrogens (tertiary/aromatic N) is 4. The summed E-state index contributed by atoms with van der Waals surface area (Å²) in [5.74, 6) is -0.0833. The molecule has 1 amide bonds. The van der Waals surface area contributed by atoms with E-state index in [2.05, 4.69) is 15.5 Å². The summed E-state index contributed by atoms with van der Waals surface area (Å²) in [5, 5.41) is 11.8. The topological polar surface area (TPSA) is 97.2 Å². The van der Waals surface area contributed by atoms with Crippen molar-refractivity contribution >= 4 is 39.1 Å². The molecule has 2 aromatic carbocycles. The second-order valence-electron chi connectivity index (χ2n) is 7.49. The summed E-state index contributed by atoms with van der Waals surface area (Å²) in [4.78, 5) is 12.5. The van der Waals surface area contributed by atoms with Crippen LogP contribution in [0.15, 0.2) is 47.6 Å². The van der Waals surface area contributed by atoms with Crippen LogP contribution in [-0.4, -0.2) is 41.1 Å². The van der Waals surface area contributed by atoms with Gasteiger partial charge in [-0.2, -0.15) is 0 Å². The molecule has 1 aromatic heterocycles. The molecule has 3 rings (SSSR count). The second-order valence-corrected chi connectivity index (χ2v) is 10.3. The molecule has 0 spiro atoms. The number of thioether (sulfide) groups is 1. The van der Waals surface area contributed by atoms with Crippen LogP contribution >= 0.6 is 11.8 Å². The third kappa shape index (κ3) is 6.11. The number of halogens is 1. The minimum atomic E-state index is -3.65. The van der Waals surface area contributed by atoms with Gasteiger partial charge in [0.15, 0.2) is 11.0 Å². The van der Waals surface area contributed by atoms with E-state index in [9.17, 15) is 17.6 Å². The van der Waals surface area contributed by atoms with Crippen molar-refractivity contribution in [1.82, 2.24) is 14.8 Å². The highest BCUT2D eigenvalue weighted by atomic mass is 32.2. The SMILES string of the molecule is CCn1c(CN(c2ccc(F)cc2)S(C)(=O)=O)nnc1SCC(=O)Nc1c(C)cccc1C. The van der Waals surface area contributed by atoms with E-state index in [0.717, 1.165) is 27.4 Å². The van der Waals surface area contributed by atoms with Gasteiger partial charge in [-0.1, -0.05) is 30.0 Å². The number of amides is 1. The number of anilines is 2. The summed E-state index contributed by atoms with van der Waals surface area (Å²) < 4.78 is 41.0. The van der Waals surface area contributed by atoms with Crippen molar-refractivity contribution < 1.29 is 17.6 Å². The maximum Gasteiger partial charge on any atom is 0.234 e. The van der Waals surface area contributed by atoms with Crippen molar-refractivity contribution in [3.8, 4) is 0 Å². The zero-order valence-electron chi connectivity index (χ0n) is 18.9. The number of sulfonamides is 1. The van der Waals surface area contributed by atoms with Crippen LogP contribution in [0.5, 0.6) is 0 Å². The van der Waals surface area contributed by atoms with Crippen molar-refractivity contribution in [2.75, 3.05) is 21.6 Å². The van der Waals surface area contributed by atoms with Gasteiger partial charge < -0.3 is 9.88 Å². The number of hydrogen-bond donors (Lipinski definition) is 1. The monoisotopic (exact) mass is 491 g/mol. The summed E-state index contributed by atoms with van der Waals surface area (Å²) >= 11 is 1.22. The minimum Gasteiger partial charge on any atom is -0.325 e. The fourth-order valence-corrected chi connectivity index (χ4v) is 4.99. The van der Waals surface area contributed by atoms with Crippen LogP contribution in [0.25, 0.3) is 0 Å². The first-order chi connectivity index (χ1) is 15.6. The average Bonchev–Trinajstić information content (AvgIpc) is 3.15. The van der Waals surface area contributed by atoms with Crippen LogP contribution in [-0.2, 0) is 27.9 Å². The summed E-state index contributed by atoms with van der Waals surface area (Å²) in [6.45, 7) is 6.18. The number of nitrogens with one attached hydrogen (secondary N) is 1. The van der Waals surface area contributed by atoms with E-state index in [1.54, 1.807) is 4.57 Å². The Kier molecular flexibility index (Phi) is 7.75. The normalized spacial score (nSPS) is 11.4. The molecular formula is C22H26FN5O3S2. The van der Waals surface area contributed by atoms with E-state index in [1.165, 1.54) is 36.0 Å². The standard InChI is InChI=1S/C22H26FN5O3S2/c1-5-27-19(13-28(33(4,30)31)18-11-9-17(23)10-12-18)25-26-22(27)32-14-20(29)24-21-15(2)7-6-8-16(21)3/h6-12H,5,13-14H2,1-4H3,(H,24,29). The predicted molar refractivity (Wildman–Crippen MR) is 128 cm³/mol. The summed E-state index contributed by atoms with van der Waals surface area (Å²) in [6, 6.07) is 11.0. The molecule has 0 aliphatic rings. The van der Waals surface area contributed by atoms with Gasteiger partial charge in [-0.25, -0.2) is 12.8 Å². The van der Waals surface area contributed by atoms with Gasteiger partial charge in [0.2, 0.25) is 15.9 Å². The number of rotatable bonds is 9. The molecule has 1 heterocycles. The largest absolute Gasteiger partial charge is 0.325 e. The second kappa shape index (κ2) is 10.3.